The lowest BCUT2D eigenvalue weighted by Gasteiger charge is -2.18. The van der Waals surface area contributed by atoms with Gasteiger partial charge in [-0.25, -0.2) is 8.42 Å². The normalized spacial score (nSPS) is 17.0. The highest BCUT2D eigenvalue weighted by Crippen LogP contribution is 2.37. The number of hydrogen-bond acceptors (Lipinski definition) is 4. The molecular weight excluding hydrogens is 316 g/mol. The van der Waals surface area contributed by atoms with Crippen molar-refractivity contribution < 1.29 is 18.0 Å². The molecule has 0 bridgehead atoms. The van der Waals surface area contributed by atoms with Gasteiger partial charge in [-0.2, -0.15) is 0 Å². The summed E-state index contributed by atoms with van der Waals surface area (Å²) in [6, 6.07) is 5.52. The molecule has 1 heterocycles. The van der Waals surface area contributed by atoms with E-state index in [9.17, 15) is 18.0 Å². The van der Waals surface area contributed by atoms with Crippen LogP contribution >= 0.6 is 0 Å². The van der Waals surface area contributed by atoms with Crippen molar-refractivity contribution in [2.24, 2.45) is 5.92 Å². The second kappa shape index (κ2) is 5.96. The molecule has 0 atom stereocenters. The lowest BCUT2D eigenvalue weighted by molar-refractivity contribution is -0.119. The third kappa shape index (κ3) is 3.90. The summed E-state index contributed by atoms with van der Waals surface area (Å²) in [6.07, 6.45) is 3.80. The average Bonchev–Trinajstić information content (AvgIpc) is 3.24. The van der Waals surface area contributed by atoms with Gasteiger partial charge in [-0.15, -0.1) is 0 Å². The Bertz CT molecular complexity index is 753. The fourth-order valence-corrected chi connectivity index (χ4v) is 3.29. The van der Waals surface area contributed by atoms with Crippen LogP contribution in [0, 0.1) is 5.92 Å². The molecule has 0 saturated heterocycles. The van der Waals surface area contributed by atoms with Crippen molar-refractivity contribution in [1.29, 1.82) is 0 Å². The first-order valence-electron chi connectivity index (χ1n) is 7.75. The van der Waals surface area contributed by atoms with Gasteiger partial charge in [0, 0.05) is 36.5 Å². The maximum atomic E-state index is 12.3. The highest BCUT2D eigenvalue weighted by atomic mass is 32.2. The van der Waals surface area contributed by atoms with Gasteiger partial charge in [-0.1, -0.05) is 6.07 Å². The largest absolute Gasteiger partial charge is 0.326 e. The summed E-state index contributed by atoms with van der Waals surface area (Å²) in [4.78, 5) is 25.9. The van der Waals surface area contributed by atoms with Crippen molar-refractivity contribution in [3.8, 4) is 0 Å². The number of sulfone groups is 1. The summed E-state index contributed by atoms with van der Waals surface area (Å²) in [5.41, 5.74) is 2.56. The fraction of sp³-hybridized carbons (Fsp3) is 0.500. The molecule has 0 spiro atoms. The molecule has 1 fully saturated rings. The average molecular weight is 336 g/mol. The van der Waals surface area contributed by atoms with Gasteiger partial charge in [-0.05, 0) is 37.0 Å². The Morgan fingerprint density at radius 2 is 2.04 bits per heavy atom. The molecule has 0 radical (unpaired) electrons. The van der Waals surface area contributed by atoms with Gasteiger partial charge >= 0.3 is 0 Å². The van der Waals surface area contributed by atoms with Crippen LogP contribution in [-0.2, 0) is 25.8 Å². The summed E-state index contributed by atoms with van der Waals surface area (Å²) in [5, 5.41) is 2.71. The topological polar surface area (TPSA) is 83.6 Å². The van der Waals surface area contributed by atoms with Crippen LogP contribution in [0.15, 0.2) is 18.2 Å². The third-order valence-corrected chi connectivity index (χ3v) is 5.10. The van der Waals surface area contributed by atoms with Crippen molar-refractivity contribution in [2.45, 2.75) is 25.7 Å². The van der Waals surface area contributed by atoms with E-state index in [4.69, 9.17) is 0 Å². The number of hydrogen-bond donors (Lipinski definition) is 1. The summed E-state index contributed by atoms with van der Waals surface area (Å²) < 4.78 is 22.2. The molecular formula is C16H20N2O4S. The quantitative estimate of drug-likeness (QED) is 0.880. The Balaban J connectivity index is 1.69. The zero-order chi connectivity index (χ0) is 16.6. The molecule has 1 aliphatic heterocycles. The van der Waals surface area contributed by atoms with Crippen molar-refractivity contribution >= 4 is 33.0 Å². The van der Waals surface area contributed by atoms with E-state index < -0.39 is 9.84 Å². The minimum absolute atomic E-state index is 0.0688. The summed E-state index contributed by atoms with van der Waals surface area (Å²) >= 11 is 0. The molecule has 2 amide bonds. The number of amides is 2. The van der Waals surface area contributed by atoms with Gasteiger partial charge in [-0.3, -0.25) is 9.59 Å². The van der Waals surface area contributed by atoms with Crippen molar-refractivity contribution in [3.05, 3.63) is 23.8 Å². The van der Waals surface area contributed by atoms with E-state index in [2.05, 4.69) is 5.32 Å². The molecule has 1 aromatic carbocycles. The standard InChI is InChI=1S/C16H20N2O4S/c1-23(21,22)9-7-15(19)17-13-5-4-11-6-8-18(14(11)10-13)16(20)12-2-3-12/h4-5,10,12H,2-3,6-9H2,1H3,(H,17,19). The van der Waals surface area contributed by atoms with Gasteiger partial charge < -0.3 is 10.2 Å². The number of fused-ring (bicyclic) bond motifs is 1. The van der Waals surface area contributed by atoms with E-state index in [1.807, 2.05) is 6.07 Å². The molecule has 0 aromatic heterocycles. The Kier molecular flexibility index (Phi) is 4.14. The zero-order valence-electron chi connectivity index (χ0n) is 13.0. The number of nitrogens with one attached hydrogen (secondary N) is 1. The van der Waals surface area contributed by atoms with Gasteiger partial charge in [0.2, 0.25) is 11.8 Å². The number of anilines is 2. The van der Waals surface area contributed by atoms with Crippen LogP contribution in [0.25, 0.3) is 0 Å². The number of rotatable bonds is 5. The summed E-state index contributed by atoms with van der Waals surface area (Å²) in [7, 11) is -3.16. The second-order valence-corrected chi connectivity index (χ2v) is 8.55. The monoisotopic (exact) mass is 336 g/mol. The van der Waals surface area contributed by atoms with Crippen LogP contribution in [0.1, 0.15) is 24.8 Å². The predicted octanol–water partition coefficient (Wildman–Crippen LogP) is 1.36. The molecule has 1 N–H and O–H groups in total. The van der Waals surface area contributed by atoms with Crippen molar-refractivity contribution in [2.75, 3.05) is 28.8 Å². The highest BCUT2D eigenvalue weighted by molar-refractivity contribution is 7.90. The van der Waals surface area contributed by atoms with Gasteiger partial charge in [0.15, 0.2) is 0 Å². The Morgan fingerprint density at radius 3 is 2.70 bits per heavy atom. The minimum Gasteiger partial charge on any atom is -0.326 e. The van der Waals surface area contributed by atoms with E-state index >= 15 is 0 Å². The highest BCUT2D eigenvalue weighted by Gasteiger charge is 2.36. The third-order valence-electron chi connectivity index (χ3n) is 4.16. The number of carbonyl (C=O) groups excluding carboxylic acids is 2. The molecule has 2 aliphatic rings. The predicted molar refractivity (Wildman–Crippen MR) is 88.2 cm³/mol. The summed E-state index contributed by atoms with van der Waals surface area (Å²) in [6.45, 7) is 0.691. The van der Waals surface area contributed by atoms with E-state index in [0.717, 1.165) is 36.8 Å². The molecule has 6 nitrogen and oxygen atoms in total. The lowest BCUT2D eigenvalue weighted by Crippen LogP contribution is -2.30. The molecule has 0 unspecified atom stereocenters. The van der Waals surface area contributed by atoms with Crippen LogP contribution < -0.4 is 10.2 Å². The number of carbonyl (C=O) groups is 2. The number of nitrogens with zero attached hydrogens (tertiary/aromatic N) is 1. The molecule has 7 heteroatoms. The van der Waals surface area contributed by atoms with Crippen LogP contribution in [0.5, 0.6) is 0 Å². The number of benzene rings is 1. The van der Waals surface area contributed by atoms with Gasteiger partial charge in [0.1, 0.15) is 9.84 Å². The van der Waals surface area contributed by atoms with E-state index in [1.165, 1.54) is 0 Å². The van der Waals surface area contributed by atoms with E-state index in [1.54, 1.807) is 17.0 Å². The first-order chi connectivity index (χ1) is 10.8. The summed E-state index contributed by atoms with van der Waals surface area (Å²) in [5.74, 6) is -0.178. The van der Waals surface area contributed by atoms with Crippen LogP contribution in [0.2, 0.25) is 0 Å². The molecule has 1 aliphatic carbocycles. The SMILES string of the molecule is CS(=O)(=O)CCC(=O)Nc1ccc2c(c1)N(C(=O)C1CC1)CC2. The lowest BCUT2D eigenvalue weighted by atomic mass is 10.1. The zero-order valence-corrected chi connectivity index (χ0v) is 13.9. The molecule has 1 aromatic rings. The smallest absolute Gasteiger partial charge is 0.230 e. The molecule has 1 saturated carbocycles. The Hall–Kier alpha value is -1.89. The van der Waals surface area contributed by atoms with Crippen LogP contribution in [0.3, 0.4) is 0 Å². The molecule has 3 rings (SSSR count). The van der Waals surface area contributed by atoms with Crippen LogP contribution in [0.4, 0.5) is 11.4 Å². The van der Waals surface area contributed by atoms with Gasteiger partial charge in [0.25, 0.3) is 0 Å². The van der Waals surface area contributed by atoms with Gasteiger partial charge in [0.05, 0.1) is 5.75 Å². The minimum atomic E-state index is -3.16. The first kappa shape index (κ1) is 16.0. The maximum absolute atomic E-state index is 12.3. The second-order valence-electron chi connectivity index (χ2n) is 6.29. The molecule has 23 heavy (non-hydrogen) atoms. The maximum Gasteiger partial charge on any atom is 0.230 e. The van der Waals surface area contributed by atoms with Crippen molar-refractivity contribution in [3.63, 3.8) is 0 Å². The van der Waals surface area contributed by atoms with E-state index in [-0.39, 0.29) is 29.9 Å². The van der Waals surface area contributed by atoms with Crippen molar-refractivity contribution in [1.82, 2.24) is 0 Å². The molecule has 124 valence electrons. The van der Waals surface area contributed by atoms with E-state index in [0.29, 0.717) is 12.2 Å². The van der Waals surface area contributed by atoms with Crippen LogP contribution in [-0.4, -0.2) is 38.8 Å². The Labute approximate surface area is 135 Å². The fourth-order valence-electron chi connectivity index (χ4n) is 2.74. The first-order valence-corrected chi connectivity index (χ1v) is 9.81. The Morgan fingerprint density at radius 1 is 1.30 bits per heavy atom.